The molecule has 2 aromatic carbocycles. The fraction of sp³-hybridized carbons (Fsp3) is 0.167. The Balaban J connectivity index is 1.63. The number of aryl methyl sites for hydroxylation is 2. The topological polar surface area (TPSA) is 56.7 Å². The first-order valence-electron chi connectivity index (χ1n) is 7.48. The summed E-state index contributed by atoms with van der Waals surface area (Å²) in [5.41, 5.74) is 5.34. The molecular formula is C18H16N4O. The van der Waals surface area contributed by atoms with Crippen LogP contribution in [0.5, 0.6) is 0 Å². The van der Waals surface area contributed by atoms with E-state index in [1.807, 2.05) is 29.8 Å². The summed E-state index contributed by atoms with van der Waals surface area (Å²) in [6.45, 7) is 2.07. The van der Waals surface area contributed by atoms with Gasteiger partial charge in [0.05, 0.1) is 23.8 Å². The lowest BCUT2D eigenvalue weighted by molar-refractivity contribution is 0.385. The van der Waals surface area contributed by atoms with E-state index in [1.165, 1.54) is 5.56 Å². The van der Waals surface area contributed by atoms with Crippen molar-refractivity contribution in [3.05, 3.63) is 65.8 Å². The van der Waals surface area contributed by atoms with Crippen molar-refractivity contribution >= 4 is 11.0 Å². The van der Waals surface area contributed by atoms with Crippen molar-refractivity contribution < 1.29 is 4.52 Å². The Hall–Kier alpha value is -2.95. The molecule has 0 radical (unpaired) electrons. The van der Waals surface area contributed by atoms with Crippen LogP contribution in [-0.4, -0.2) is 19.7 Å². The van der Waals surface area contributed by atoms with Gasteiger partial charge in [0.25, 0.3) is 0 Å². The molecule has 5 heteroatoms. The van der Waals surface area contributed by atoms with Crippen molar-refractivity contribution in [2.75, 3.05) is 0 Å². The zero-order chi connectivity index (χ0) is 15.8. The standard InChI is InChI=1S/C18H16N4O/c1-12-3-5-13(6-4-12)9-17-20-18(21-23-17)14-7-8-15-16(10-14)22(2)11-19-15/h3-8,10-11H,9H2,1-2H3. The van der Waals surface area contributed by atoms with Gasteiger partial charge in [0.2, 0.25) is 11.7 Å². The van der Waals surface area contributed by atoms with E-state index in [1.54, 1.807) is 6.33 Å². The third-order valence-electron chi connectivity index (χ3n) is 3.93. The SMILES string of the molecule is Cc1ccc(Cc2nc(-c3ccc4ncn(C)c4c3)no2)cc1. The van der Waals surface area contributed by atoms with Crippen LogP contribution in [0.2, 0.25) is 0 Å². The molecule has 0 saturated carbocycles. The lowest BCUT2D eigenvalue weighted by Crippen LogP contribution is -1.89. The van der Waals surface area contributed by atoms with Crippen LogP contribution in [0.3, 0.4) is 0 Å². The third-order valence-corrected chi connectivity index (χ3v) is 3.93. The minimum Gasteiger partial charge on any atom is -0.339 e. The smallest absolute Gasteiger partial charge is 0.231 e. The van der Waals surface area contributed by atoms with Crippen LogP contribution in [-0.2, 0) is 13.5 Å². The summed E-state index contributed by atoms with van der Waals surface area (Å²) in [4.78, 5) is 8.83. The lowest BCUT2D eigenvalue weighted by Gasteiger charge is -1.98. The molecule has 5 nitrogen and oxygen atoms in total. The zero-order valence-corrected chi connectivity index (χ0v) is 13.0. The summed E-state index contributed by atoms with van der Waals surface area (Å²) in [6, 6.07) is 14.3. The Morgan fingerprint density at radius 1 is 1.09 bits per heavy atom. The molecule has 114 valence electrons. The van der Waals surface area contributed by atoms with Crippen LogP contribution in [0, 0.1) is 6.92 Å². The molecule has 0 bridgehead atoms. The monoisotopic (exact) mass is 304 g/mol. The first-order chi connectivity index (χ1) is 11.2. The number of rotatable bonds is 3. The van der Waals surface area contributed by atoms with Gasteiger partial charge in [-0.05, 0) is 30.7 Å². The predicted octanol–water partition coefficient (Wildman–Crippen LogP) is 3.52. The summed E-state index contributed by atoms with van der Waals surface area (Å²) in [5.74, 6) is 1.23. The molecule has 4 aromatic rings. The Kier molecular flexibility index (Phi) is 3.19. The number of imidazole rings is 1. The second-order valence-corrected chi connectivity index (χ2v) is 5.73. The lowest BCUT2D eigenvalue weighted by atomic mass is 10.1. The molecule has 4 rings (SSSR count). The minimum absolute atomic E-state index is 0.607. The second kappa shape index (κ2) is 5.35. The van der Waals surface area contributed by atoms with E-state index in [4.69, 9.17) is 4.52 Å². The van der Waals surface area contributed by atoms with Gasteiger partial charge in [0.1, 0.15) is 0 Å². The maximum atomic E-state index is 5.39. The Morgan fingerprint density at radius 3 is 2.74 bits per heavy atom. The minimum atomic E-state index is 0.607. The highest BCUT2D eigenvalue weighted by Crippen LogP contribution is 2.22. The average molecular weight is 304 g/mol. The highest BCUT2D eigenvalue weighted by atomic mass is 16.5. The number of hydrogen-bond acceptors (Lipinski definition) is 4. The van der Waals surface area contributed by atoms with Crippen molar-refractivity contribution in [3.63, 3.8) is 0 Å². The van der Waals surface area contributed by atoms with E-state index >= 15 is 0 Å². The molecule has 2 heterocycles. The molecule has 23 heavy (non-hydrogen) atoms. The van der Waals surface area contributed by atoms with Gasteiger partial charge in [-0.1, -0.05) is 35.0 Å². The van der Waals surface area contributed by atoms with Crippen LogP contribution in [0.25, 0.3) is 22.4 Å². The van der Waals surface area contributed by atoms with Crippen LogP contribution in [0.15, 0.2) is 53.3 Å². The van der Waals surface area contributed by atoms with Crippen molar-refractivity contribution in [3.8, 4) is 11.4 Å². The summed E-state index contributed by atoms with van der Waals surface area (Å²) in [5, 5.41) is 4.11. The van der Waals surface area contributed by atoms with Crippen molar-refractivity contribution in [2.45, 2.75) is 13.3 Å². The maximum Gasteiger partial charge on any atom is 0.231 e. The molecule has 0 saturated heterocycles. The van der Waals surface area contributed by atoms with Gasteiger partial charge in [0, 0.05) is 12.6 Å². The zero-order valence-electron chi connectivity index (χ0n) is 13.0. The predicted molar refractivity (Wildman–Crippen MR) is 88.0 cm³/mol. The van der Waals surface area contributed by atoms with E-state index in [0.717, 1.165) is 22.2 Å². The molecule has 2 aromatic heterocycles. The van der Waals surface area contributed by atoms with Crippen LogP contribution < -0.4 is 0 Å². The van der Waals surface area contributed by atoms with E-state index < -0.39 is 0 Å². The summed E-state index contributed by atoms with van der Waals surface area (Å²) >= 11 is 0. The largest absolute Gasteiger partial charge is 0.339 e. The first kappa shape index (κ1) is 13.7. The first-order valence-corrected chi connectivity index (χ1v) is 7.48. The molecule has 0 aliphatic carbocycles. The number of fused-ring (bicyclic) bond motifs is 1. The maximum absolute atomic E-state index is 5.39. The van der Waals surface area contributed by atoms with Gasteiger partial charge in [-0.15, -0.1) is 0 Å². The molecule has 0 amide bonds. The van der Waals surface area contributed by atoms with Gasteiger partial charge < -0.3 is 9.09 Å². The van der Waals surface area contributed by atoms with Gasteiger partial charge >= 0.3 is 0 Å². The van der Waals surface area contributed by atoms with Crippen molar-refractivity contribution in [1.82, 2.24) is 19.7 Å². The summed E-state index contributed by atoms with van der Waals surface area (Å²) < 4.78 is 7.37. The van der Waals surface area contributed by atoms with E-state index in [2.05, 4.69) is 46.3 Å². The quantitative estimate of drug-likeness (QED) is 0.581. The van der Waals surface area contributed by atoms with Crippen molar-refractivity contribution in [1.29, 1.82) is 0 Å². The molecule has 0 aliphatic rings. The fourth-order valence-electron chi connectivity index (χ4n) is 2.59. The van der Waals surface area contributed by atoms with E-state index in [9.17, 15) is 0 Å². The Labute approximate surface area is 133 Å². The molecule has 0 atom stereocenters. The van der Waals surface area contributed by atoms with Gasteiger partial charge in [-0.25, -0.2) is 4.98 Å². The van der Waals surface area contributed by atoms with Gasteiger partial charge in [-0.3, -0.25) is 0 Å². The van der Waals surface area contributed by atoms with E-state index in [-0.39, 0.29) is 0 Å². The van der Waals surface area contributed by atoms with E-state index in [0.29, 0.717) is 18.1 Å². The molecule has 0 fully saturated rings. The summed E-state index contributed by atoms with van der Waals surface area (Å²) in [6.07, 6.45) is 2.44. The molecule has 0 unspecified atom stereocenters. The number of nitrogens with zero attached hydrogens (tertiary/aromatic N) is 4. The highest BCUT2D eigenvalue weighted by molar-refractivity contribution is 5.80. The Bertz CT molecular complexity index is 966. The number of benzene rings is 2. The molecule has 0 aliphatic heterocycles. The normalized spacial score (nSPS) is 11.2. The average Bonchev–Trinajstić information content (AvgIpc) is 3.17. The molecular weight excluding hydrogens is 288 g/mol. The van der Waals surface area contributed by atoms with Crippen LogP contribution >= 0.6 is 0 Å². The van der Waals surface area contributed by atoms with Gasteiger partial charge in [0.15, 0.2) is 0 Å². The van der Waals surface area contributed by atoms with Crippen LogP contribution in [0.1, 0.15) is 17.0 Å². The highest BCUT2D eigenvalue weighted by Gasteiger charge is 2.11. The van der Waals surface area contributed by atoms with Crippen LogP contribution in [0.4, 0.5) is 0 Å². The Morgan fingerprint density at radius 2 is 1.91 bits per heavy atom. The fourth-order valence-corrected chi connectivity index (χ4v) is 2.59. The number of hydrogen-bond donors (Lipinski definition) is 0. The summed E-state index contributed by atoms with van der Waals surface area (Å²) in [7, 11) is 1.97. The van der Waals surface area contributed by atoms with Crippen molar-refractivity contribution in [2.24, 2.45) is 7.05 Å². The second-order valence-electron chi connectivity index (χ2n) is 5.73. The third kappa shape index (κ3) is 2.61. The number of aromatic nitrogens is 4. The van der Waals surface area contributed by atoms with Gasteiger partial charge in [-0.2, -0.15) is 4.98 Å². The molecule has 0 spiro atoms. The molecule has 0 N–H and O–H groups in total.